The third-order valence-electron chi connectivity index (χ3n) is 4.74. The maximum atomic E-state index is 5.91. The molecule has 0 radical (unpaired) electrons. The Kier molecular flexibility index (Phi) is 3.48. The second-order valence-corrected chi connectivity index (χ2v) is 6.42. The van der Waals surface area contributed by atoms with Gasteiger partial charge in [-0.25, -0.2) is 0 Å². The van der Waals surface area contributed by atoms with Gasteiger partial charge in [0.2, 0.25) is 0 Å². The standard InChI is InChI=1S/C16H22N2S/c1-11-6-7-13(16(17)19)15(10-11)18-9-8-12-4-2-3-5-14(12)18/h6-7,10,12,14H,2-5,8-9H2,1H3,(H2,17,19). The van der Waals surface area contributed by atoms with Crippen molar-refractivity contribution in [2.24, 2.45) is 11.7 Å². The van der Waals surface area contributed by atoms with Crippen LogP contribution in [0, 0.1) is 12.8 Å². The molecule has 102 valence electrons. The lowest BCUT2D eigenvalue weighted by molar-refractivity contribution is 0.342. The summed E-state index contributed by atoms with van der Waals surface area (Å²) in [6, 6.07) is 7.16. The smallest absolute Gasteiger partial charge is 0.106 e. The van der Waals surface area contributed by atoms with E-state index in [0.29, 0.717) is 11.0 Å². The Labute approximate surface area is 121 Å². The second kappa shape index (κ2) is 5.12. The molecule has 1 aliphatic carbocycles. The van der Waals surface area contributed by atoms with Crippen LogP contribution >= 0.6 is 12.2 Å². The predicted molar refractivity (Wildman–Crippen MR) is 84.8 cm³/mol. The number of fused-ring (bicyclic) bond motifs is 1. The molecule has 3 rings (SSSR count). The van der Waals surface area contributed by atoms with Crippen molar-refractivity contribution in [2.75, 3.05) is 11.4 Å². The van der Waals surface area contributed by atoms with Gasteiger partial charge in [0.1, 0.15) is 4.99 Å². The summed E-state index contributed by atoms with van der Waals surface area (Å²) < 4.78 is 0. The van der Waals surface area contributed by atoms with Crippen LogP contribution in [0.4, 0.5) is 5.69 Å². The number of rotatable bonds is 2. The number of nitrogens with zero attached hydrogens (tertiary/aromatic N) is 1. The number of aryl methyl sites for hydroxylation is 1. The monoisotopic (exact) mass is 274 g/mol. The third kappa shape index (κ3) is 2.36. The predicted octanol–water partition coefficient (Wildman–Crippen LogP) is 3.40. The van der Waals surface area contributed by atoms with Gasteiger partial charge in [0.15, 0.2) is 0 Å². The van der Waals surface area contributed by atoms with E-state index in [1.165, 1.54) is 43.4 Å². The molecule has 1 saturated carbocycles. The van der Waals surface area contributed by atoms with Crippen molar-refractivity contribution < 1.29 is 0 Å². The van der Waals surface area contributed by atoms with Crippen LogP contribution in [0.5, 0.6) is 0 Å². The number of hydrogen-bond donors (Lipinski definition) is 1. The van der Waals surface area contributed by atoms with Gasteiger partial charge in [0, 0.05) is 23.8 Å². The van der Waals surface area contributed by atoms with Gasteiger partial charge in [-0.2, -0.15) is 0 Å². The Bertz CT molecular complexity index is 498. The summed E-state index contributed by atoms with van der Waals surface area (Å²) >= 11 is 5.23. The van der Waals surface area contributed by atoms with Crippen LogP contribution in [0.15, 0.2) is 18.2 Å². The fourth-order valence-electron chi connectivity index (χ4n) is 3.79. The molecule has 2 aliphatic rings. The summed E-state index contributed by atoms with van der Waals surface area (Å²) in [5, 5.41) is 0. The van der Waals surface area contributed by atoms with Gasteiger partial charge in [-0.3, -0.25) is 0 Å². The van der Waals surface area contributed by atoms with Gasteiger partial charge in [-0.15, -0.1) is 0 Å². The summed E-state index contributed by atoms with van der Waals surface area (Å²) in [4.78, 5) is 3.10. The second-order valence-electron chi connectivity index (χ2n) is 5.98. The summed E-state index contributed by atoms with van der Waals surface area (Å²) in [6.45, 7) is 3.30. The zero-order valence-corrected chi connectivity index (χ0v) is 12.4. The first-order valence-corrected chi connectivity index (χ1v) is 7.75. The first-order chi connectivity index (χ1) is 9.16. The van der Waals surface area contributed by atoms with E-state index in [4.69, 9.17) is 18.0 Å². The summed E-state index contributed by atoms with van der Waals surface area (Å²) in [7, 11) is 0. The van der Waals surface area contributed by atoms with Crippen molar-refractivity contribution in [3.05, 3.63) is 29.3 Å². The van der Waals surface area contributed by atoms with Crippen LogP contribution in [0.25, 0.3) is 0 Å². The van der Waals surface area contributed by atoms with E-state index in [1.54, 1.807) is 0 Å². The van der Waals surface area contributed by atoms with Crippen LogP contribution in [-0.2, 0) is 0 Å². The highest BCUT2D eigenvalue weighted by atomic mass is 32.1. The van der Waals surface area contributed by atoms with Crippen LogP contribution in [0.1, 0.15) is 43.2 Å². The number of thiocarbonyl (C=S) groups is 1. The largest absolute Gasteiger partial charge is 0.389 e. The molecule has 2 N–H and O–H groups in total. The van der Waals surface area contributed by atoms with E-state index < -0.39 is 0 Å². The van der Waals surface area contributed by atoms with Crippen molar-refractivity contribution in [1.29, 1.82) is 0 Å². The molecule has 1 aromatic carbocycles. The molecule has 19 heavy (non-hydrogen) atoms. The minimum absolute atomic E-state index is 0.522. The van der Waals surface area contributed by atoms with Crippen molar-refractivity contribution >= 4 is 22.9 Å². The van der Waals surface area contributed by atoms with E-state index in [0.717, 1.165) is 18.0 Å². The Morgan fingerprint density at radius 1 is 1.26 bits per heavy atom. The molecule has 3 heteroatoms. The number of nitrogens with two attached hydrogens (primary N) is 1. The molecule has 2 unspecified atom stereocenters. The minimum atomic E-state index is 0.522. The Morgan fingerprint density at radius 3 is 2.84 bits per heavy atom. The lowest BCUT2D eigenvalue weighted by Gasteiger charge is -2.34. The molecular formula is C16H22N2S. The van der Waals surface area contributed by atoms with Gasteiger partial charge >= 0.3 is 0 Å². The van der Waals surface area contributed by atoms with Gasteiger partial charge in [0.05, 0.1) is 0 Å². The summed E-state index contributed by atoms with van der Waals surface area (Å²) in [6.07, 6.45) is 6.83. The molecule has 0 bridgehead atoms. The molecule has 2 atom stereocenters. The summed E-state index contributed by atoms with van der Waals surface area (Å²) in [5.41, 5.74) is 9.51. The number of anilines is 1. The molecule has 0 spiro atoms. The number of benzene rings is 1. The first-order valence-electron chi connectivity index (χ1n) is 7.34. The van der Waals surface area contributed by atoms with Gasteiger partial charge in [-0.1, -0.05) is 31.1 Å². The van der Waals surface area contributed by atoms with E-state index >= 15 is 0 Å². The lowest BCUT2D eigenvalue weighted by atomic mass is 9.85. The van der Waals surface area contributed by atoms with Gasteiger partial charge in [-0.05, 0) is 49.8 Å². The fraction of sp³-hybridized carbons (Fsp3) is 0.562. The molecule has 2 nitrogen and oxygen atoms in total. The van der Waals surface area contributed by atoms with Crippen LogP contribution in [-0.4, -0.2) is 17.6 Å². The fourth-order valence-corrected chi connectivity index (χ4v) is 3.97. The van der Waals surface area contributed by atoms with Crippen molar-refractivity contribution in [3.63, 3.8) is 0 Å². The highest BCUT2D eigenvalue weighted by Crippen LogP contribution is 2.40. The van der Waals surface area contributed by atoms with E-state index in [-0.39, 0.29) is 0 Å². The SMILES string of the molecule is Cc1ccc(C(N)=S)c(N2CCC3CCCCC32)c1. The molecule has 0 aromatic heterocycles. The van der Waals surface area contributed by atoms with Gasteiger partial charge in [0.25, 0.3) is 0 Å². The highest BCUT2D eigenvalue weighted by molar-refractivity contribution is 7.80. The highest BCUT2D eigenvalue weighted by Gasteiger charge is 2.36. The van der Waals surface area contributed by atoms with E-state index in [2.05, 4.69) is 30.0 Å². The number of hydrogen-bond acceptors (Lipinski definition) is 2. The average Bonchev–Trinajstić information content (AvgIpc) is 2.82. The Hall–Kier alpha value is -1.09. The normalized spacial score (nSPS) is 26.3. The summed E-state index contributed by atoms with van der Waals surface area (Å²) in [5.74, 6) is 0.883. The van der Waals surface area contributed by atoms with E-state index in [9.17, 15) is 0 Å². The molecule has 1 aromatic rings. The molecule has 1 heterocycles. The average molecular weight is 274 g/mol. The maximum absolute atomic E-state index is 5.91. The Balaban J connectivity index is 1.97. The zero-order valence-electron chi connectivity index (χ0n) is 11.6. The molecule has 2 fully saturated rings. The topological polar surface area (TPSA) is 29.3 Å². The van der Waals surface area contributed by atoms with Crippen LogP contribution in [0.2, 0.25) is 0 Å². The lowest BCUT2D eigenvalue weighted by Crippen LogP contribution is -2.36. The van der Waals surface area contributed by atoms with Crippen molar-refractivity contribution in [1.82, 2.24) is 0 Å². The van der Waals surface area contributed by atoms with E-state index in [1.807, 2.05) is 0 Å². The quantitative estimate of drug-likeness (QED) is 0.838. The Morgan fingerprint density at radius 2 is 2.05 bits per heavy atom. The molecule has 0 amide bonds. The molecular weight excluding hydrogens is 252 g/mol. The van der Waals surface area contributed by atoms with Crippen LogP contribution < -0.4 is 10.6 Å². The maximum Gasteiger partial charge on any atom is 0.106 e. The minimum Gasteiger partial charge on any atom is -0.389 e. The van der Waals surface area contributed by atoms with Gasteiger partial charge < -0.3 is 10.6 Å². The first kappa shape index (κ1) is 12.9. The molecule has 1 saturated heterocycles. The third-order valence-corrected chi connectivity index (χ3v) is 4.96. The zero-order chi connectivity index (χ0) is 13.4. The van der Waals surface area contributed by atoms with Crippen molar-refractivity contribution in [3.8, 4) is 0 Å². The van der Waals surface area contributed by atoms with Crippen LogP contribution in [0.3, 0.4) is 0 Å². The van der Waals surface area contributed by atoms with Crippen molar-refractivity contribution in [2.45, 2.75) is 45.1 Å². The molecule has 1 aliphatic heterocycles.